The van der Waals surface area contributed by atoms with E-state index in [0.29, 0.717) is 24.4 Å². The van der Waals surface area contributed by atoms with E-state index in [-0.39, 0.29) is 0 Å². The van der Waals surface area contributed by atoms with Gasteiger partial charge in [0, 0.05) is 35.8 Å². The Labute approximate surface area is 147 Å². The van der Waals surface area contributed by atoms with Crippen LogP contribution in [0.5, 0.6) is 0 Å². The van der Waals surface area contributed by atoms with E-state index in [9.17, 15) is 0 Å². The molecule has 5 nitrogen and oxygen atoms in total. The van der Waals surface area contributed by atoms with Crippen LogP contribution >= 0.6 is 11.6 Å². The minimum absolute atomic E-state index is 0.499. The van der Waals surface area contributed by atoms with Crippen molar-refractivity contribution < 1.29 is 4.52 Å². The van der Waals surface area contributed by atoms with Gasteiger partial charge in [-0.15, -0.1) is 0 Å². The van der Waals surface area contributed by atoms with Crippen LogP contribution in [0, 0.1) is 6.92 Å². The topological polar surface area (TPSA) is 54.2 Å². The van der Waals surface area contributed by atoms with Gasteiger partial charge < -0.3 is 14.7 Å². The first-order valence-electron chi connectivity index (χ1n) is 8.76. The van der Waals surface area contributed by atoms with E-state index in [1.807, 2.05) is 6.92 Å². The molecule has 2 aliphatic rings. The van der Waals surface area contributed by atoms with Crippen LogP contribution in [0.1, 0.15) is 48.9 Å². The normalized spacial score (nSPS) is 19.0. The van der Waals surface area contributed by atoms with Gasteiger partial charge in [-0.05, 0) is 50.3 Å². The van der Waals surface area contributed by atoms with Crippen LogP contribution in [0.2, 0.25) is 5.02 Å². The van der Waals surface area contributed by atoms with E-state index in [2.05, 4.69) is 38.6 Å². The lowest BCUT2D eigenvalue weighted by atomic mass is 10.0. The van der Waals surface area contributed by atoms with Crippen molar-refractivity contribution in [2.75, 3.05) is 18.0 Å². The minimum atomic E-state index is 0.499. The van der Waals surface area contributed by atoms with E-state index in [0.717, 1.165) is 42.3 Å². The first-order chi connectivity index (χ1) is 11.7. The van der Waals surface area contributed by atoms with Crippen molar-refractivity contribution in [2.45, 2.75) is 51.1 Å². The highest BCUT2D eigenvalue weighted by Gasteiger charge is 2.29. The van der Waals surface area contributed by atoms with Crippen LogP contribution in [0.25, 0.3) is 0 Å². The molecule has 0 spiro atoms. The molecule has 128 valence electrons. The quantitative estimate of drug-likeness (QED) is 0.895. The summed E-state index contributed by atoms with van der Waals surface area (Å²) in [7, 11) is 0. The maximum absolute atomic E-state index is 6.25. The third kappa shape index (κ3) is 3.57. The molecular weight excluding hydrogens is 324 g/mol. The molecule has 1 aliphatic heterocycles. The molecule has 0 amide bonds. The summed E-state index contributed by atoms with van der Waals surface area (Å²) in [6.45, 7) is 4.78. The fraction of sp³-hybridized carbons (Fsp3) is 0.556. The molecule has 1 saturated heterocycles. The van der Waals surface area contributed by atoms with Gasteiger partial charge >= 0.3 is 0 Å². The lowest BCUT2D eigenvalue weighted by Gasteiger charge is -2.34. The summed E-state index contributed by atoms with van der Waals surface area (Å²) in [4.78, 5) is 6.88. The summed E-state index contributed by atoms with van der Waals surface area (Å²) in [6, 6.07) is 6.82. The van der Waals surface area contributed by atoms with Crippen molar-refractivity contribution in [2.24, 2.45) is 0 Å². The molecule has 24 heavy (non-hydrogen) atoms. The maximum Gasteiger partial charge on any atom is 0.240 e. The number of hydrogen-bond acceptors (Lipinski definition) is 5. The Kier molecular flexibility index (Phi) is 4.46. The molecule has 1 aromatic carbocycles. The Morgan fingerprint density at radius 1 is 1.25 bits per heavy atom. The van der Waals surface area contributed by atoms with Crippen LogP contribution in [0.3, 0.4) is 0 Å². The number of rotatable bonds is 5. The van der Waals surface area contributed by atoms with Crippen molar-refractivity contribution in [1.29, 1.82) is 0 Å². The second-order valence-corrected chi connectivity index (χ2v) is 7.30. The first kappa shape index (κ1) is 15.9. The van der Waals surface area contributed by atoms with E-state index < -0.39 is 0 Å². The van der Waals surface area contributed by atoms with Gasteiger partial charge in [-0.25, -0.2) is 0 Å². The Balaban J connectivity index is 1.27. The summed E-state index contributed by atoms with van der Waals surface area (Å²) < 4.78 is 5.32. The van der Waals surface area contributed by atoms with Crippen LogP contribution in [0.4, 0.5) is 5.69 Å². The summed E-state index contributed by atoms with van der Waals surface area (Å²) >= 11 is 6.25. The molecule has 0 radical (unpaired) electrons. The zero-order valence-corrected chi connectivity index (χ0v) is 14.7. The van der Waals surface area contributed by atoms with Crippen LogP contribution in [-0.4, -0.2) is 29.3 Å². The standard InChI is InChI=1S/C18H23ClN4O/c1-12-2-5-15(10-16(12)19)23-8-6-14(7-9-23)20-11-17-21-18(22-24-17)13-3-4-13/h2,5,10,13-14,20H,3-4,6-9,11H2,1H3. The summed E-state index contributed by atoms with van der Waals surface area (Å²) in [5.41, 5.74) is 2.34. The average molecular weight is 347 g/mol. The Bertz CT molecular complexity index is 705. The van der Waals surface area contributed by atoms with Crippen molar-refractivity contribution in [1.82, 2.24) is 15.5 Å². The molecule has 1 saturated carbocycles. The fourth-order valence-electron chi connectivity index (χ4n) is 3.20. The van der Waals surface area contributed by atoms with Gasteiger partial charge in [0.15, 0.2) is 5.82 Å². The number of anilines is 1. The van der Waals surface area contributed by atoms with Gasteiger partial charge in [-0.2, -0.15) is 4.98 Å². The van der Waals surface area contributed by atoms with Gasteiger partial charge in [-0.1, -0.05) is 22.8 Å². The fourth-order valence-corrected chi connectivity index (χ4v) is 3.37. The van der Waals surface area contributed by atoms with Crippen molar-refractivity contribution in [3.8, 4) is 0 Å². The van der Waals surface area contributed by atoms with Gasteiger partial charge in [0.05, 0.1) is 6.54 Å². The lowest BCUT2D eigenvalue weighted by molar-refractivity contribution is 0.338. The number of aromatic nitrogens is 2. The highest BCUT2D eigenvalue weighted by atomic mass is 35.5. The highest BCUT2D eigenvalue weighted by molar-refractivity contribution is 6.31. The van der Waals surface area contributed by atoms with E-state index in [4.69, 9.17) is 16.1 Å². The summed E-state index contributed by atoms with van der Waals surface area (Å²) in [6.07, 6.45) is 4.62. The molecule has 0 atom stereocenters. The third-order valence-corrected chi connectivity index (χ3v) is 5.39. The van der Waals surface area contributed by atoms with Gasteiger partial charge in [0.2, 0.25) is 5.89 Å². The van der Waals surface area contributed by atoms with E-state index in [1.165, 1.54) is 18.5 Å². The molecule has 6 heteroatoms. The second-order valence-electron chi connectivity index (χ2n) is 6.90. The first-order valence-corrected chi connectivity index (χ1v) is 9.14. The van der Waals surface area contributed by atoms with Gasteiger partial charge in [0.25, 0.3) is 0 Å². The summed E-state index contributed by atoms with van der Waals surface area (Å²) in [5.74, 6) is 2.15. The van der Waals surface area contributed by atoms with Crippen LogP contribution in [0.15, 0.2) is 22.7 Å². The van der Waals surface area contributed by atoms with E-state index >= 15 is 0 Å². The molecule has 1 aromatic heterocycles. The monoisotopic (exact) mass is 346 g/mol. The average Bonchev–Trinajstić information content (AvgIpc) is 3.35. The zero-order chi connectivity index (χ0) is 16.5. The number of nitrogens with zero attached hydrogens (tertiary/aromatic N) is 3. The second kappa shape index (κ2) is 6.73. The molecule has 2 heterocycles. The van der Waals surface area contributed by atoms with Crippen molar-refractivity contribution in [3.63, 3.8) is 0 Å². The Morgan fingerprint density at radius 2 is 2.04 bits per heavy atom. The number of nitrogens with one attached hydrogen (secondary N) is 1. The predicted octanol–water partition coefficient (Wildman–Crippen LogP) is 3.67. The minimum Gasteiger partial charge on any atom is -0.371 e. The number of piperidine rings is 1. The Morgan fingerprint density at radius 3 is 2.75 bits per heavy atom. The zero-order valence-electron chi connectivity index (χ0n) is 14.0. The highest BCUT2D eigenvalue weighted by Crippen LogP contribution is 2.38. The maximum atomic E-state index is 6.25. The molecule has 1 aliphatic carbocycles. The van der Waals surface area contributed by atoms with Gasteiger partial charge in [-0.3, -0.25) is 0 Å². The summed E-state index contributed by atoms with van der Waals surface area (Å²) in [5, 5.41) is 8.46. The molecule has 2 aromatic rings. The molecule has 0 bridgehead atoms. The SMILES string of the molecule is Cc1ccc(N2CCC(NCc3nc(C4CC4)no3)CC2)cc1Cl. The van der Waals surface area contributed by atoms with Gasteiger partial charge in [0.1, 0.15) is 0 Å². The number of aryl methyl sites for hydroxylation is 1. The van der Waals surface area contributed by atoms with E-state index in [1.54, 1.807) is 0 Å². The number of hydrogen-bond donors (Lipinski definition) is 1. The smallest absolute Gasteiger partial charge is 0.240 e. The number of halogens is 1. The third-order valence-electron chi connectivity index (χ3n) is 4.98. The lowest BCUT2D eigenvalue weighted by Crippen LogP contribution is -2.42. The molecule has 1 N–H and O–H groups in total. The van der Waals surface area contributed by atoms with Crippen molar-refractivity contribution >= 4 is 17.3 Å². The Hall–Kier alpha value is -1.59. The predicted molar refractivity (Wildman–Crippen MR) is 94.5 cm³/mol. The number of benzene rings is 1. The van der Waals surface area contributed by atoms with Crippen LogP contribution < -0.4 is 10.2 Å². The van der Waals surface area contributed by atoms with Crippen molar-refractivity contribution in [3.05, 3.63) is 40.5 Å². The van der Waals surface area contributed by atoms with Crippen LogP contribution in [-0.2, 0) is 6.54 Å². The molecule has 2 fully saturated rings. The molecule has 4 rings (SSSR count). The largest absolute Gasteiger partial charge is 0.371 e. The molecule has 0 unspecified atom stereocenters. The molecular formula is C18H23ClN4O.